The summed E-state index contributed by atoms with van der Waals surface area (Å²) >= 11 is 6.11. The molecule has 0 saturated heterocycles. The van der Waals surface area contributed by atoms with Crippen molar-refractivity contribution in [2.24, 2.45) is 23.2 Å². The first kappa shape index (κ1) is 16.3. The van der Waals surface area contributed by atoms with E-state index in [0.717, 1.165) is 17.7 Å². The predicted molar refractivity (Wildman–Crippen MR) is 96.7 cm³/mol. The third-order valence-corrected chi connectivity index (χ3v) is 5.75. The Labute approximate surface area is 143 Å². The lowest BCUT2D eigenvalue weighted by molar-refractivity contribution is -0.120. The molecule has 0 N–H and O–H groups in total. The molecule has 3 heteroatoms. The summed E-state index contributed by atoms with van der Waals surface area (Å²) in [6, 6.07) is 5.70. The number of benzene rings is 1. The van der Waals surface area contributed by atoms with Crippen LogP contribution in [0.2, 0.25) is 5.02 Å². The fraction of sp³-hybridized carbons (Fsp3) is 0.450. The first-order chi connectivity index (χ1) is 10.8. The lowest BCUT2D eigenvalue weighted by Gasteiger charge is -2.21. The lowest BCUT2D eigenvalue weighted by atomic mass is 9.91. The van der Waals surface area contributed by atoms with Crippen molar-refractivity contribution < 1.29 is 4.79 Å². The van der Waals surface area contributed by atoms with Crippen molar-refractivity contribution >= 4 is 23.2 Å². The second-order valence-corrected chi connectivity index (χ2v) is 7.80. The molecule has 3 atom stereocenters. The van der Waals surface area contributed by atoms with E-state index in [1.165, 1.54) is 0 Å². The molecule has 1 fully saturated rings. The van der Waals surface area contributed by atoms with Gasteiger partial charge in [-0.05, 0) is 48.3 Å². The fourth-order valence-electron chi connectivity index (χ4n) is 4.09. The van der Waals surface area contributed by atoms with Crippen LogP contribution in [0.25, 0.3) is 0 Å². The van der Waals surface area contributed by atoms with Crippen molar-refractivity contribution in [2.45, 2.75) is 27.2 Å². The van der Waals surface area contributed by atoms with Gasteiger partial charge in [0.2, 0.25) is 5.91 Å². The maximum Gasteiger partial charge on any atom is 0.230 e. The number of hydrogen-bond donors (Lipinski definition) is 0. The summed E-state index contributed by atoms with van der Waals surface area (Å²) in [5, 5.41) is 0.664. The topological polar surface area (TPSA) is 20.3 Å². The zero-order valence-corrected chi connectivity index (χ0v) is 15.0. The Balaban J connectivity index is 1.81. The van der Waals surface area contributed by atoms with Gasteiger partial charge in [0.05, 0.1) is 0 Å². The van der Waals surface area contributed by atoms with Crippen molar-refractivity contribution in [1.29, 1.82) is 0 Å². The van der Waals surface area contributed by atoms with Gasteiger partial charge in [0.1, 0.15) is 0 Å². The maximum absolute atomic E-state index is 13.1. The van der Waals surface area contributed by atoms with Crippen LogP contribution in [0.4, 0.5) is 5.69 Å². The Bertz CT molecular complexity index is 689. The van der Waals surface area contributed by atoms with Crippen LogP contribution < -0.4 is 4.90 Å². The number of rotatable bonds is 3. The van der Waals surface area contributed by atoms with Crippen molar-refractivity contribution in [2.75, 3.05) is 11.9 Å². The predicted octanol–water partition coefficient (Wildman–Crippen LogP) is 5.02. The van der Waals surface area contributed by atoms with E-state index in [0.29, 0.717) is 16.9 Å². The zero-order valence-electron chi connectivity index (χ0n) is 14.2. The van der Waals surface area contributed by atoms with Crippen molar-refractivity contribution in [3.05, 3.63) is 53.1 Å². The minimum absolute atomic E-state index is 0.0536. The lowest BCUT2D eigenvalue weighted by Crippen LogP contribution is -2.30. The summed E-state index contributed by atoms with van der Waals surface area (Å²) in [4.78, 5) is 14.9. The number of nitrogens with zero attached hydrogens (tertiary/aromatic N) is 1. The molecule has 0 aliphatic heterocycles. The molecular formula is C20H24ClNO. The Morgan fingerprint density at radius 2 is 2.04 bits per heavy atom. The molecule has 0 spiro atoms. The molecule has 3 rings (SSSR count). The normalized spacial score (nSPS) is 27.8. The van der Waals surface area contributed by atoms with E-state index >= 15 is 0 Å². The minimum atomic E-state index is 0.0536. The molecule has 2 nitrogen and oxygen atoms in total. The Morgan fingerprint density at radius 3 is 2.70 bits per heavy atom. The average Bonchev–Trinajstić information content (AvgIpc) is 3.11. The number of carbonyl (C=O) groups excluding carboxylic acids is 1. The van der Waals surface area contributed by atoms with Gasteiger partial charge in [0.15, 0.2) is 0 Å². The summed E-state index contributed by atoms with van der Waals surface area (Å²) in [6.45, 7) is 6.44. The smallest absolute Gasteiger partial charge is 0.230 e. The molecule has 0 bridgehead atoms. The molecule has 2 aliphatic rings. The summed E-state index contributed by atoms with van der Waals surface area (Å²) in [5.41, 5.74) is 2.03. The first-order valence-corrected chi connectivity index (χ1v) is 8.59. The molecule has 0 heterocycles. The molecule has 23 heavy (non-hydrogen) atoms. The van der Waals surface area contributed by atoms with Gasteiger partial charge in [-0.2, -0.15) is 0 Å². The average molecular weight is 330 g/mol. The molecule has 1 aromatic rings. The molecule has 2 aliphatic carbocycles. The number of halogens is 1. The van der Waals surface area contributed by atoms with E-state index in [2.05, 4.69) is 38.2 Å². The highest BCUT2D eigenvalue weighted by Crippen LogP contribution is 2.63. The third kappa shape index (κ3) is 2.85. The number of hydrogen-bond acceptors (Lipinski definition) is 1. The Hall–Kier alpha value is -1.54. The van der Waals surface area contributed by atoms with E-state index in [4.69, 9.17) is 11.6 Å². The second kappa shape index (κ2) is 5.83. The highest BCUT2D eigenvalue weighted by Gasteiger charge is 2.64. The fourth-order valence-corrected chi connectivity index (χ4v) is 4.25. The Kier molecular flexibility index (Phi) is 4.14. The van der Waals surface area contributed by atoms with Gasteiger partial charge >= 0.3 is 0 Å². The number of allylic oxidation sites excluding steroid dienone is 4. The van der Waals surface area contributed by atoms with Gasteiger partial charge in [0.25, 0.3) is 0 Å². The highest BCUT2D eigenvalue weighted by molar-refractivity contribution is 6.31. The van der Waals surface area contributed by atoms with Crippen molar-refractivity contribution in [3.63, 3.8) is 0 Å². The van der Waals surface area contributed by atoms with E-state index in [9.17, 15) is 4.79 Å². The summed E-state index contributed by atoms with van der Waals surface area (Å²) in [5.74, 6) is 1.16. The zero-order chi connectivity index (χ0) is 16.8. The number of amides is 1. The SMILES string of the molecule is Cc1ccc(Cl)cc1N(C)C(=O)[C@@H]1[C@@H](C2C=CC=CC2)C1(C)C. The highest BCUT2D eigenvalue weighted by atomic mass is 35.5. The number of aryl methyl sites for hydroxylation is 1. The number of anilines is 1. The van der Waals surface area contributed by atoms with Crippen LogP contribution in [0.15, 0.2) is 42.5 Å². The Morgan fingerprint density at radius 1 is 1.30 bits per heavy atom. The minimum Gasteiger partial charge on any atom is -0.315 e. The van der Waals surface area contributed by atoms with Gasteiger partial charge in [0, 0.05) is 23.7 Å². The number of carbonyl (C=O) groups is 1. The van der Waals surface area contributed by atoms with Crippen molar-refractivity contribution in [1.82, 2.24) is 0 Å². The molecule has 122 valence electrons. The molecule has 0 aromatic heterocycles. The quantitative estimate of drug-likeness (QED) is 0.762. The van der Waals surface area contributed by atoms with Gasteiger partial charge in [-0.1, -0.05) is 55.8 Å². The molecule has 1 saturated carbocycles. The monoisotopic (exact) mass is 329 g/mol. The molecule has 0 radical (unpaired) electrons. The van der Waals surface area contributed by atoms with Crippen LogP contribution in [-0.2, 0) is 4.79 Å². The van der Waals surface area contributed by atoms with Crippen LogP contribution in [-0.4, -0.2) is 13.0 Å². The summed E-state index contributed by atoms with van der Waals surface area (Å²) in [7, 11) is 1.86. The second-order valence-electron chi connectivity index (χ2n) is 7.37. The van der Waals surface area contributed by atoms with E-state index in [1.807, 2.05) is 32.2 Å². The molecular weight excluding hydrogens is 306 g/mol. The molecule has 1 amide bonds. The molecule has 1 unspecified atom stereocenters. The van der Waals surface area contributed by atoms with Gasteiger partial charge in [-0.15, -0.1) is 0 Å². The molecule has 1 aromatic carbocycles. The van der Waals surface area contributed by atoms with E-state index in [1.54, 1.807) is 4.90 Å². The van der Waals surface area contributed by atoms with E-state index < -0.39 is 0 Å². The van der Waals surface area contributed by atoms with Gasteiger partial charge in [-0.3, -0.25) is 4.79 Å². The van der Waals surface area contributed by atoms with Gasteiger partial charge < -0.3 is 4.90 Å². The standard InChI is InChI=1S/C20H24ClNO/c1-13-10-11-15(21)12-16(13)22(4)19(23)18-17(20(18,2)3)14-8-6-5-7-9-14/h5-8,10-12,14,17-18H,9H2,1-4H3/t14?,17-,18+/m1/s1. The third-order valence-electron chi connectivity index (χ3n) is 5.51. The van der Waals surface area contributed by atoms with Gasteiger partial charge in [-0.25, -0.2) is 0 Å². The maximum atomic E-state index is 13.1. The van der Waals surface area contributed by atoms with Crippen LogP contribution in [0, 0.1) is 30.1 Å². The summed E-state index contributed by atoms with van der Waals surface area (Å²) in [6.07, 6.45) is 9.68. The van der Waals surface area contributed by atoms with Crippen LogP contribution >= 0.6 is 11.6 Å². The van der Waals surface area contributed by atoms with Crippen molar-refractivity contribution in [3.8, 4) is 0 Å². The van der Waals surface area contributed by atoms with E-state index in [-0.39, 0.29) is 17.2 Å². The van der Waals surface area contributed by atoms with Crippen LogP contribution in [0.5, 0.6) is 0 Å². The van der Waals surface area contributed by atoms with Crippen LogP contribution in [0.1, 0.15) is 25.8 Å². The summed E-state index contributed by atoms with van der Waals surface area (Å²) < 4.78 is 0. The first-order valence-electron chi connectivity index (χ1n) is 8.21. The van der Waals surface area contributed by atoms with Crippen LogP contribution in [0.3, 0.4) is 0 Å². The largest absolute Gasteiger partial charge is 0.315 e.